The molecule has 2 nitrogen and oxygen atoms in total. The van der Waals surface area contributed by atoms with Crippen LogP contribution in [0, 0.1) is 6.92 Å². The standard InChI is InChI=1S/C22H24N2S/c1-17-11-13-18(14-12-17)23-22-20-9-5-6-10-21(20)24(15-16-25-22)19-7-3-2-4-8-19/h2-4,7-8,11-14H,5-6,9-10,15-16H2,1H3. The molecule has 0 aromatic heterocycles. The summed E-state index contributed by atoms with van der Waals surface area (Å²) in [4.78, 5) is 7.55. The average Bonchev–Trinajstić information content (AvgIpc) is 2.84. The van der Waals surface area contributed by atoms with Crippen LogP contribution >= 0.6 is 11.8 Å². The van der Waals surface area contributed by atoms with Crippen molar-refractivity contribution >= 4 is 28.2 Å². The van der Waals surface area contributed by atoms with Crippen molar-refractivity contribution in [1.82, 2.24) is 0 Å². The van der Waals surface area contributed by atoms with E-state index in [9.17, 15) is 0 Å². The van der Waals surface area contributed by atoms with E-state index in [0.29, 0.717) is 0 Å². The van der Waals surface area contributed by atoms with Crippen molar-refractivity contribution in [3.8, 4) is 0 Å². The van der Waals surface area contributed by atoms with Crippen LogP contribution in [0.1, 0.15) is 31.2 Å². The largest absolute Gasteiger partial charge is 0.344 e. The summed E-state index contributed by atoms with van der Waals surface area (Å²) in [6, 6.07) is 19.4. The molecule has 1 heterocycles. The lowest BCUT2D eigenvalue weighted by Crippen LogP contribution is -2.26. The van der Waals surface area contributed by atoms with E-state index >= 15 is 0 Å². The van der Waals surface area contributed by atoms with Crippen LogP contribution in [0.4, 0.5) is 11.4 Å². The highest BCUT2D eigenvalue weighted by Gasteiger charge is 2.26. The van der Waals surface area contributed by atoms with E-state index in [2.05, 4.69) is 66.4 Å². The Kier molecular flexibility index (Phi) is 4.93. The van der Waals surface area contributed by atoms with E-state index in [1.54, 1.807) is 0 Å². The van der Waals surface area contributed by atoms with Gasteiger partial charge in [0.25, 0.3) is 0 Å². The minimum atomic E-state index is 1.06. The molecule has 0 atom stereocenters. The molecule has 0 saturated carbocycles. The number of anilines is 1. The van der Waals surface area contributed by atoms with Crippen LogP contribution in [0.25, 0.3) is 0 Å². The highest BCUT2D eigenvalue weighted by Crippen LogP contribution is 2.37. The number of hydrogen-bond acceptors (Lipinski definition) is 3. The average molecular weight is 349 g/mol. The molecule has 4 rings (SSSR count). The van der Waals surface area contributed by atoms with E-state index in [1.165, 1.54) is 40.4 Å². The van der Waals surface area contributed by atoms with E-state index in [0.717, 1.165) is 30.8 Å². The minimum absolute atomic E-state index is 1.06. The zero-order valence-corrected chi connectivity index (χ0v) is 15.6. The van der Waals surface area contributed by atoms with Gasteiger partial charge in [-0.15, -0.1) is 11.8 Å². The molecule has 0 bridgehead atoms. The summed E-state index contributed by atoms with van der Waals surface area (Å²) in [6.07, 6.45) is 4.87. The van der Waals surface area contributed by atoms with Gasteiger partial charge in [0.05, 0.1) is 5.69 Å². The number of aryl methyl sites for hydroxylation is 1. The first-order valence-electron chi connectivity index (χ1n) is 9.14. The maximum atomic E-state index is 5.03. The van der Waals surface area contributed by atoms with Gasteiger partial charge in [0.1, 0.15) is 5.04 Å². The molecule has 0 fully saturated rings. The molecule has 0 amide bonds. The van der Waals surface area contributed by atoms with Crippen molar-refractivity contribution in [2.24, 2.45) is 4.99 Å². The molecular formula is C22H24N2S. The summed E-state index contributed by atoms with van der Waals surface area (Å²) in [5, 5.41) is 1.23. The van der Waals surface area contributed by atoms with E-state index in [-0.39, 0.29) is 0 Å². The zero-order valence-electron chi connectivity index (χ0n) is 14.7. The van der Waals surface area contributed by atoms with Crippen LogP contribution < -0.4 is 4.90 Å². The summed E-state index contributed by atoms with van der Waals surface area (Å²) >= 11 is 1.92. The third-order valence-electron chi connectivity index (χ3n) is 4.91. The van der Waals surface area contributed by atoms with E-state index in [4.69, 9.17) is 4.99 Å². The molecule has 1 aliphatic carbocycles. The third-order valence-corrected chi connectivity index (χ3v) is 5.91. The maximum Gasteiger partial charge on any atom is 0.102 e. The lowest BCUT2D eigenvalue weighted by Gasteiger charge is -2.30. The van der Waals surface area contributed by atoms with Gasteiger partial charge in [0.2, 0.25) is 0 Å². The summed E-state index contributed by atoms with van der Waals surface area (Å²) < 4.78 is 0. The smallest absolute Gasteiger partial charge is 0.102 e. The molecular weight excluding hydrogens is 324 g/mol. The normalized spacial score (nSPS) is 19.7. The fourth-order valence-electron chi connectivity index (χ4n) is 3.60. The second-order valence-corrected chi connectivity index (χ2v) is 7.80. The van der Waals surface area contributed by atoms with Crippen LogP contribution in [0.15, 0.2) is 70.9 Å². The fraction of sp³-hybridized carbons (Fsp3) is 0.318. The Bertz CT molecular complexity index is 791. The number of aliphatic imine (C=N–C) groups is 1. The van der Waals surface area contributed by atoms with Gasteiger partial charge in [-0.3, -0.25) is 0 Å². The van der Waals surface area contributed by atoms with Crippen molar-refractivity contribution in [2.45, 2.75) is 32.6 Å². The number of hydrogen-bond donors (Lipinski definition) is 0. The van der Waals surface area contributed by atoms with E-state index < -0.39 is 0 Å². The van der Waals surface area contributed by atoms with Gasteiger partial charge < -0.3 is 4.90 Å². The van der Waals surface area contributed by atoms with Crippen molar-refractivity contribution in [3.05, 3.63) is 71.4 Å². The molecule has 128 valence electrons. The Balaban J connectivity index is 1.75. The summed E-state index contributed by atoms with van der Waals surface area (Å²) in [6.45, 7) is 3.18. The monoisotopic (exact) mass is 348 g/mol. The first-order chi connectivity index (χ1) is 12.3. The van der Waals surface area contributed by atoms with Crippen molar-refractivity contribution in [3.63, 3.8) is 0 Å². The van der Waals surface area contributed by atoms with Crippen LogP contribution in [0.5, 0.6) is 0 Å². The number of benzene rings is 2. The summed E-state index contributed by atoms with van der Waals surface area (Å²) in [5.74, 6) is 1.08. The molecule has 0 unspecified atom stereocenters. The Labute approximate surface area is 154 Å². The molecule has 0 N–H and O–H groups in total. The van der Waals surface area contributed by atoms with Crippen molar-refractivity contribution < 1.29 is 0 Å². The Hall–Kier alpha value is -2.00. The molecule has 2 aliphatic rings. The first kappa shape index (κ1) is 16.5. The Morgan fingerprint density at radius 1 is 0.920 bits per heavy atom. The molecule has 0 saturated heterocycles. The molecule has 0 radical (unpaired) electrons. The highest BCUT2D eigenvalue weighted by atomic mass is 32.2. The fourth-order valence-corrected chi connectivity index (χ4v) is 4.63. The number of thioether (sulfide) groups is 1. The Morgan fingerprint density at radius 2 is 1.68 bits per heavy atom. The summed E-state index contributed by atoms with van der Waals surface area (Å²) in [5.41, 5.74) is 6.63. The van der Waals surface area contributed by atoms with Gasteiger partial charge in [0.15, 0.2) is 0 Å². The molecule has 2 aromatic rings. The van der Waals surface area contributed by atoms with Crippen molar-refractivity contribution in [2.75, 3.05) is 17.2 Å². The number of allylic oxidation sites excluding steroid dienone is 1. The van der Waals surface area contributed by atoms with E-state index in [1.807, 2.05) is 11.8 Å². The van der Waals surface area contributed by atoms with Crippen LogP contribution in [-0.2, 0) is 0 Å². The molecule has 25 heavy (non-hydrogen) atoms. The number of nitrogens with zero attached hydrogens (tertiary/aromatic N) is 2. The molecule has 1 aliphatic heterocycles. The zero-order chi connectivity index (χ0) is 17.1. The molecule has 3 heteroatoms. The SMILES string of the molecule is Cc1ccc(N=C2SCCN(c3ccccc3)C3=C2CCCC3)cc1. The predicted octanol–water partition coefficient (Wildman–Crippen LogP) is 6.11. The van der Waals surface area contributed by atoms with Crippen LogP contribution in [-0.4, -0.2) is 17.3 Å². The highest BCUT2D eigenvalue weighted by molar-refractivity contribution is 8.14. The van der Waals surface area contributed by atoms with Gasteiger partial charge in [-0.25, -0.2) is 4.99 Å². The molecule has 2 aromatic carbocycles. The van der Waals surface area contributed by atoms with Gasteiger partial charge in [-0.1, -0.05) is 35.9 Å². The predicted molar refractivity (Wildman–Crippen MR) is 110 cm³/mol. The second kappa shape index (κ2) is 7.49. The topological polar surface area (TPSA) is 15.6 Å². The quantitative estimate of drug-likeness (QED) is 0.651. The summed E-state index contributed by atoms with van der Waals surface area (Å²) in [7, 11) is 0. The van der Waals surface area contributed by atoms with Crippen molar-refractivity contribution in [1.29, 1.82) is 0 Å². The lowest BCUT2D eigenvalue weighted by atomic mass is 9.95. The molecule has 0 spiro atoms. The minimum Gasteiger partial charge on any atom is -0.344 e. The second-order valence-electron chi connectivity index (χ2n) is 6.72. The first-order valence-corrected chi connectivity index (χ1v) is 10.1. The number of para-hydroxylation sites is 1. The van der Waals surface area contributed by atoms with Gasteiger partial charge in [-0.05, 0) is 56.9 Å². The van der Waals surface area contributed by atoms with Gasteiger partial charge in [0, 0.05) is 29.3 Å². The Morgan fingerprint density at radius 3 is 2.48 bits per heavy atom. The van der Waals surface area contributed by atoms with Crippen LogP contribution in [0.3, 0.4) is 0 Å². The van der Waals surface area contributed by atoms with Crippen LogP contribution in [0.2, 0.25) is 0 Å². The third kappa shape index (κ3) is 3.67. The number of rotatable bonds is 2. The lowest BCUT2D eigenvalue weighted by molar-refractivity contribution is 0.666. The maximum absolute atomic E-state index is 5.03. The van der Waals surface area contributed by atoms with Gasteiger partial charge >= 0.3 is 0 Å². The van der Waals surface area contributed by atoms with Gasteiger partial charge in [-0.2, -0.15) is 0 Å².